The van der Waals surface area contributed by atoms with Gasteiger partial charge in [-0.1, -0.05) is 0 Å². The summed E-state index contributed by atoms with van der Waals surface area (Å²) < 4.78 is 16.7. The van der Waals surface area contributed by atoms with Crippen molar-refractivity contribution in [1.29, 1.82) is 0 Å². The monoisotopic (exact) mass is 198 g/mol. The van der Waals surface area contributed by atoms with Gasteiger partial charge in [-0.2, -0.15) is 0 Å². The third-order valence-corrected chi connectivity index (χ3v) is 4.47. The van der Waals surface area contributed by atoms with Gasteiger partial charge in [0, 0.05) is 17.8 Å². The molecule has 4 fully saturated rings. The molecular weight excluding hydrogens is 184 g/mol. The lowest BCUT2D eigenvalue weighted by Gasteiger charge is -2.17. The van der Waals surface area contributed by atoms with Gasteiger partial charge in [0.05, 0.1) is 6.10 Å². The molecule has 4 rings (SSSR count). The molecule has 0 aromatic rings. The summed E-state index contributed by atoms with van der Waals surface area (Å²) in [5.41, 5.74) is 0. The van der Waals surface area contributed by atoms with Crippen LogP contribution in [0.15, 0.2) is 0 Å². The van der Waals surface area contributed by atoms with Crippen molar-refractivity contribution in [2.75, 3.05) is 0 Å². The Morgan fingerprint density at radius 2 is 1.71 bits per heavy atom. The molecule has 0 aromatic heterocycles. The first-order valence-corrected chi connectivity index (χ1v) is 5.40. The number of aliphatic hydroxyl groups excluding tert-OH is 1. The number of ether oxygens (including phenoxy) is 3. The van der Waals surface area contributed by atoms with Gasteiger partial charge in [-0.25, -0.2) is 0 Å². The summed E-state index contributed by atoms with van der Waals surface area (Å²) >= 11 is 0. The average Bonchev–Trinajstić information content (AvgIpc) is 2.75. The number of aliphatic hydroxyl groups is 1. The van der Waals surface area contributed by atoms with E-state index in [1.165, 1.54) is 0 Å². The molecule has 1 aliphatic carbocycles. The summed E-state index contributed by atoms with van der Waals surface area (Å²) in [6.07, 6.45) is 0.436. The van der Waals surface area contributed by atoms with Crippen LogP contribution in [0.2, 0.25) is 0 Å². The molecule has 3 heterocycles. The van der Waals surface area contributed by atoms with Crippen molar-refractivity contribution in [3.8, 4) is 0 Å². The van der Waals surface area contributed by atoms with Crippen molar-refractivity contribution in [2.45, 2.75) is 38.3 Å². The van der Waals surface area contributed by atoms with Crippen molar-refractivity contribution in [2.24, 2.45) is 23.7 Å². The number of hydrogen-bond acceptors (Lipinski definition) is 4. The van der Waals surface area contributed by atoms with Crippen molar-refractivity contribution in [1.82, 2.24) is 0 Å². The van der Waals surface area contributed by atoms with E-state index in [9.17, 15) is 5.11 Å². The Hall–Kier alpha value is -0.160. The molecule has 4 heteroatoms. The highest BCUT2D eigenvalue weighted by molar-refractivity contribution is 5.06. The Morgan fingerprint density at radius 1 is 1.00 bits per heavy atom. The van der Waals surface area contributed by atoms with Gasteiger partial charge in [0.2, 0.25) is 0 Å². The lowest BCUT2D eigenvalue weighted by Crippen LogP contribution is -2.22. The standard InChI is InChI=1S/C10H14O4/c1-3-4-2-5-7-6(4)9(12-3)14-10(7)13-8(5)11/h3-11H,2H2,1H3/t3-,4?,5?,6?,7?,8-,9?,10?/m1/s1. The molecule has 0 radical (unpaired) electrons. The third-order valence-electron chi connectivity index (χ3n) is 4.47. The first-order chi connectivity index (χ1) is 6.75. The highest BCUT2D eigenvalue weighted by Gasteiger charge is 2.67. The molecule has 78 valence electrons. The van der Waals surface area contributed by atoms with E-state index in [1.807, 2.05) is 0 Å². The van der Waals surface area contributed by atoms with Crippen LogP contribution >= 0.6 is 0 Å². The van der Waals surface area contributed by atoms with Gasteiger partial charge in [0.15, 0.2) is 18.9 Å². The maximum absolute atomic E-state index is 9.69. The Balaban J connectivity index is 1.76. The molecule has 0 amide bonds. The lowest BCUT2D eigenvalue weighted by atomic mass is 9.89. The molecular formula is C10H14O4. The predicted molar refractivity (Wildman–Crippen MR) is 44.9 cm³/mol. The lowest BCUT2D eigenvalue weighted by molar-refractivity contribution is -0.240. The Morgan fingerprint density at radius 3 is 2.57 bits per heavy atom. The molecule has 14 heavy (non-hydrogen) atoms. The minimum absolute atomic E-state index is 0.0671. The zero-order valence-electron chi connectivity index (χ0n) is 8.00. The van der Waals surface area contributed by atoms with Crippen molar-refractivity contribution < 1.29 is 19.3 Å². The summed E-state index contributed by atoms with van der Waals surface area (Å²) in [6, 6.07) is 0. The normalized spacial score (nSPS) is 69.0. The average molecular weight is 198 g/mol. The van der Waals surface area contributed by atoms with E-state index in [-0.39, 0.29) is 24.6 Å². The second kappa shape index (κ2) is 2.32. The Bertz CT molecular complexity index is 255. The largest absolute Gasteiger partial charge is 0.368 e. The fourth-order valence-electron chi connectivity index (χ4n) is 3.89. The summed E-state index contributed by atoms with van der Waals surface area (Å²) in [5, 5.41) is 9.69. The van der Waals surface area contributed by atoms with Gasteiger partial charge in [0.1, 0.15) is 0 Å². The molecule has 4 nitrogen and oxygen atoms in total. The van der Waals surface area contributed by atoms with Crippen LogP contribution < -0.4 is 0 Å². The maximum Gasteiger partial charge on any atom is 0.167 e. The van der Waals surface area contributed by atoms with E-state index in [4.69, 9.17) is 14.2 Å². The van der Waals surface area contributed by atoms with E-state index in [2.05, 4.69) is 6.92 Å². The molecule has 4 aliphatic rings. The molecule has 8 atom stereocenters. The fraction of sp³-hybridized carbons (Fsp3) is 1.00. The number of hydrogen-bond donors (Lipinski definition) is 1. The molecule has 3 saturated heterocycles. The molecule has 0 aromatic carbocycles. The first kappa shape index (κ1) is 8.05. The highest BCUT2D eigenvalue weighted by Crippen LogP contribution is 2.61. The van der Waals surface area contributed by atoms with E-state index >= 15 is 0 Å². The van der Waals surface area contributed by atoms with Crippen LogP contribution in [-0.2, 0) is 14.2 Å². The van der Waals surface area contributed by atoms with Crippen LogP contribution in [-0.4, -0.2) is 30.1 Å². The van der Waals surface area contributed by atoms with E-state index in [0.717, 1.165) is 6.42 Å². The minimum atomic E-state index is -0.608. The van der Waals surface area contributed by atoms with Gasteiger partial charge in [0.25, 0.3) is 0 Å². The Labute approximate surface area is 82.1 Å². The first-order valence-electron chi connectivity index (χ1n) is 5.40. The summed E-state index contributed by atoms with van der Waals surface area (Å²) in [5.74, 6) is 1.70. The second-order valence-corrected chi connectivity index (χ2v) is 4.96. The molecule has 1 N–H and O–H groups in total. The van der Waals surface area contributed by atoms with E-state index in [0.29, 0.717) is 17.8 Å². The van der Waals surface area contributed by atoms with Crippen molar-refractivity contribution >= 4 is 0 Å². The van der Waals surface area contributed by atoms with Gasteiger partial charge in [-0.3, -0.25) is 0 Å². The quantitative estimate of drug-likeness (QED) is 0.608. The van der Waals surface area contributed by atoms with Crippen LogP contribution in [0.1, 0.15) is 13.3 Å². The summed E-state index contributed by atoms with van der Waals surface area (Å²) in [4.78, 5) is 0. The minimum Gasteiger partial charge on any atom is -0.368 e. The fourth-order valence-corrected chi connectivity index (χ4v) is 3.89. The van der Waals surface area contributed by atoms with Crippen LogP contribution in [0, 0.1) is 23.7 Å². The zero-order chi connectivity index (χ0) is 9.45. The van der Waals surface area contributed by atoms with Crippen LogP contribution in [0.4, 0.5) is 0 Å². The SMILES string of the molecule is C[C@H]1OC2OC3O[C@@H](O)C4CC1C2C34. The molecule has 1 saturated carbocycles. The summed E-state index contributed by atoms with van der Waals surface area (Å²) in [6.45, 7) is 2.11. The predicted octanol–water partition coefficient (Wildman–Crippen LogP) is 0.305. The molecule has 0 bridgehead atoms. The molecule has 0 spiro atoms. The Kier molecular flexibility index (Phi) is 1.33. The van der Waals surface area contributed by atoms with Gasteiger partial charge < -0.3 is 19.3 Å². The van der Waals surface area contributed by atoms with Crippen molar-refractivity contribution in [3.63, 3.8) is 0 Å². The van der Waals surface area contributed by atoms with E-state index in [1.54, 1.807) is 0 Å². The second-order valence-electron chi connectivity index (χ2n) is 4.96. The number of rotatable bonds is 0. The van der Waals surface area contributed by atoms with Crippen LogP contribution in [0.25, 0.3) is 0 Å². The van der Waals surface area contributed by atoms with Gasteiger partial charge in [-0.05, 0) is 19.3 Å². The zero-order valence-corrected chi connectivity index (χ0v) is 8.00. The smallest absolute Gasteiger partial charge is 0.167 e. The van der Waals surface area contributed by atoms with Crippen molar-refractivity contribution in [3.05, 3.63) is 0 Å². The van der Waals surface area contributed by atoms with Crippen LogP contribution in [0.5, 0.6) is 0 Å². The van der Waals surface area contributed by atoms with Gasteiger partial charge in [-0.15, -0.1) is 0 Å². The highest BCUT2D eigenvalue weighted by atomic mass is 16.8. The molecule has 3 aliphatic heterocycles. The van der Waals surface area contributed by atoms with Crippen LogP contribution in [0.3, 0.4) is 0 Å². The maximum atomic E-state index is 9.69. The van der Waals surface area contributed by atoms with E-state index < -0.39 is 6.29 Å². The summed E-state index contributed by atoms with van der Waals surface area (Å²) in [7, 11) is 0. The van der Waals surface area contributed by atoms with Gasteiger partial charge >= 0.3 is 0 Å². The molecule has 6 unspecified atom stereocenters. The third kappa shape index (κ3) is 0.724. The topological polar surface area (TPSA) is 47.9 Å².